The first-order valence-corrected chi connectivity index (χ1v) is 14.4. The number of carbonyl (C=O) groups excluding carboxylic acids is 2. The zero-order valence-corrected chi connectivity index (χ0v) is 24.0. The van der Waals surface area contributed by atoms with Crippen molar-refractivity contribution in [1.82, 2.24) is 10.2 Å². The highest BCUT2D eigenvalue weighted by Gasteiger charge is 2.33. The van der Waals surface area contributed by atoms with Gasteiger partial charge in [0.2, 0.25) is 11.8 Å². The molecule has 0 aliphatic carbocycles. The van der Waals surface area contributed by atoms with E-state index in [0.717, 1.165) is 9.87 Å². The van der Waals surface area contributed by atoms with Gasteiger partial charge in [-0.1, -0.05) is 48.4 Å². The predicted molar refractivity (Wildman–Crippen MR) is 151 cm³/mol. The summed E-state index contributed by atoms with van der Waals surface area (Å²) in [6, 6.07) is 17.0. The lowest BCUT2D eigenvalue weighted by Crippen LogP contribution is -2.53. The Bertz CT molecular complexity index is 1380. The number of benzene rings is 3. The van der Waals surface area contributed by atoms with Crippen LogP contribution in [0.4, 0.5) is 10.1 Å². The van der Waals surface area contributed by atoms with Crippen LogP contribution in [0.2, 0.25) is 5.02 Å². The van der Waals surface area contributed by atoms with Crippen LogP contribution in [0.3, 0.4) is 0 Å². The van der Waals surface area contributed by atoms with Crippen molar-refractivity contribution in [2.75, 3.05) is 10.8 Å². The van der Waals surface area contributed by atoms with E-state index < -0.39 is 34.3 Å². The van der Waals surface area contributed by atoms with Crippen LogP contribution < -0.4 is 9.62 Å². The molecule has 3 aromatic rings. The summed E-state index contributed by atoms with van der Waals surface area (Å²) in [7, 11) is -4.19. The van der Waals surface area contributed by atoms with Crippen LogP contribution in [0.25, 0.3) is 0 Å². The van der Waals surface area contributed by atoms with E-state index in [0.29, 0.717) is 22.7 Å². The largest absolute Gasteiger partial charge is 0.352 e. The molecule has 2 amide bonds. The SMILES string of the molecule is CC[C@H](C(=O)NC(C)C)N(Cc1ccc(F)cc1)C(=O)CN(c1ccc(C)cc1)S(=O)(=O)c1ccc(Cl)cc1. The van der Waals surface area contributed by atoms with E-state index in [4.69, 9.17) is 11.6 Å². The van der Waals surface area contributed by atoms with Crippen molar-refractivity contribution in [3.8, 4) is 0 Å². The molecule has 208 valence electrons. The highest BCUT2D eigenvalue weighted by Crippen LogP contribution is 2.26. The Hall–Kier alpha value is -3.43. The molecule has 7 nitrogen and oxygen atoms in total. The van der Waals surface area contributed by atoms with Gasteiger partial charge in [0.05, 0.1) is 10.6 Å². The van der Waals surface area contributed by atoms with Crippen LogP contribution in [0.15, 0.2) is 77.7 Å². The monoisotopic (exact) mass is 573 g/mol. The van der Waals surface area contributed by atoms with Crippen LogP contribution in [-0.4, -0.2) is 43.8 Å². The van der Waals surface area contributed by atoms with Gasteiger partial charge in [-0.15, -0.1) is 0 Å². The van der Waals surface area contributed by atoms with E-state index in [1.807, 2.05) is 20.8 Å². The quantitative estimate of drug-likeness (QED) is 0.337. The van der Waals surface area contributed by atoms with Crippen molar-refractivity contribution in [3.63, 3.8) is 0 Å². The van der Waals surface area contributed by atoms with Crippen LogP contribution in [0.1, 0.15) is 38.3 Å². The molecule has 0 spiro atoms. The fourth-order valence-corrected chi connectivity index (χ4v) is 5.60. The smallest absolute Gasteiger partial charge is 0.264 e. The Labute approximate surface area is 234 Å². The number of anilines is 1. The van der Waals surface area contributed by atoms with Crippen molar-refractivity contribution in [3.05, 3.63) is 94.8 Å². The predicted octanol–water partition coefficient (Wildman–Crippen LogP) is 5.31. The molecule has 1 N–H and O–H groups in total. The molecule has 0 aromatic heterocycles. The first-order valence-electron chi connectivity index (χ1n) is 12.6. The maximum Gasteiger partial charge on any atom is 0.264 e. The number of hydrogen-bond donors (Lipinski definition) is 1. The third-order valence-corrected chi connectivity index (χ3v) is 8.13. The number of sulfonamides is 1. The first kappa shape index (κ1) is 30.1. The lowest BCUT2D eigenvalue weighted by Gasteiger charge is -2.33. The third kappa shape index (κ3) is 7.80. The summed E-state index contributed by atoms with van der Waals surface area (Å²) >= 11 is 5.97. The van der Waals surface area contributed by atoms with Gasteiger partial charge in [-0.3, -0.25) is 13.9 Å². The maximum absolute atomic E-state index is 13.9. The Kier molecular flexibility index (Phi) is 10.1. The van der Waals surface area contributed by atoms with Crippen LogP contribution in [0.5, 0.6) is 0 Å². The van der Waals surface area contributed by atoms with Crippen LogP contribution in [0, 0.1) is 12.7 Å². The molecule has 0 bridgehead atoms. The standard InChI is InChI=1S/C29H33ClFN3O4S/c1-5-27(29(36)32-20(2)3)33(18-22-8-12-24(31)13-9-22)28(35)19-34(25-14-6-21(4)7-15-25)39(37,38)26-16-10-23(30)11-17-26/h6-17,20,27H,5,18-19H2,1-4H3,(H,32,36)/t27-/m1/s1. The average molecular weight is 574 g/mol. The normalized spacial score (nSPS) is 12.2. The second-order valence-corrected chi connectivity index (χ2v) is 11.8. The summed E-state index contributed by atoms with van der Waals surface area (Å²) in [4.78, 5) is 28.4. The van der Waals surface area contributed by atoms with Gasteiger partial charge in [-0.2, -0.15) is 0 Å². The molecule has 10 heteroatoms. The molecule has 1 atom stereocenters. The van der Waals surface area contributed by atoms with Gasteiger partial charge in [0, 0.05) is 17.6 Å². The summed E-state index contributed by atoms with van der Waals surface area (Å²) in [5.41, 5.74) is 1.82. The molecule has 0 aliphatic heterocycles. The van der Waals surface area contributed by atoms with E-state index in [1.165, 1.54) is 53.4 Å². The molecule has 3 aromatic carbocycles. The van der Waals surface area contributed by atoms with Crippen LogP contribution in [-0.2, 0) is 26.2 Å². The maximum atomic E-state index is 13.9. The molecule has 0 saturated carbocycles. The van der Waals surface area contributed by atoms with Gasteiger partial charge in [-0.05, 0) is 81.3 Å². The van der Waals surface area contributed by atoms with E-state index in [-0.39, 0.29) is 23.4 Å². The number of nitrogens with zero attached hydrogens (tertiary/aromatic N) is 2. The zero-order valence-electron chi connectivity index (χ0n) is 22.4. The number of aryl methyl sites for hydroxylation is 1. The third-order valence-electron chi connectivity index (χ3n) is 6.09. The molecule has 0 saturated heterocycles. The molecule has 0 radical (unpaired) electrons. The number of nitrogens with one attached hydrogen (secondary N) is 1. The van der Waals surface area contributed by atoms with Crippen molar-refractivity contribution in [2.45, 2.75) is 57.6 Å². The molecule has 0 heterocycles. The second-order valence-electron chi connectivity index (χ2n) is 9.54. The molecular formula is C29H33ClFN3O4S. The highest BCUT2D eigenvalue weighted by atomic mass is 35.5. The van der Waals surface area contributed by atoms with E-state index in [9.17, 15) is 22.4 Å². The lowest BCUT2D eigenvalue weighted by molar-refractivity contribution is -0.140. The summed E-state index contributed by atoms with van der Waals surface area (Å²) in [6.45, 7) is 6.71. The van der Waals surface area contributed by atoms with Gasteiger partial charge < -0.3 is 10.2 Å². The fourth-order valence-electron chi connectivity index (χ4n) is 4.06. The van der Waals surface area contributed by atoms with Gasteiger partial charge in [0.15, 0.2) is 0 Å². The van der Waals surface area contributed by atoms with Gasteiger partial charge in [0.1, 0.15) is 18.4 Å². The van der Waals surface area contributed by atoms with E-state index >= 15 is 0 Å². The second kappa shape index (κ2) is 13.1. The number of amides is 2. The zero-order chi connectivity index (χ0) is 28.7. The minimum Gasteiger partial charge on any atom is -0.352 e. The molecule has 39 heavy (non-hydrogen) atoms. The minimum absolute atomic E-state index is 0.00807. The Balaban J connectivity index is 2.05. The summed E-state index contributed by atoms with van der Waals surface area (Å²) in [5, 5.41) is 3.21. The van der Waals surface area contributed by atoms with Gasteiger partial charge in [-0.25, -0.2) is 12.8 Å². The van der Waals surface area contributed by atoms with E-state index in [1.54, 1.807) is 31.2 Å². The summed E-state index contributed by atoms with van der Waals surface area (Å²) in [6.07, 6.45) is 0.292. The van der Waals surface area contributed by atoms with Crippen molar-refractivity contribution >= 4 is 39.1 Å². The molecule has 3 rings (SSSR count). The van der Waals surface area contributed by atoms with Crippen LogP contribution >= 0.6 is 11.6 Å². The van der Waals surface area contributed by atoms with Crippen molar-refractivity contribution in [1.29, 1.82) is 0 Å². The number of carbonyl (C=O) groups is 2. The molecular weight excluding hydrogens is 541 g/mol. The topological polar surface area (TPSA) is 86.8 Å². The number of rotatable bonds is 11. The van der Waals surface area contributed by atoms with Gasteiger partial charge >= 0.3 is 0 Å². The highest BCUT2D eigenvalue weighted by molar-refractivity contribution is 7.92. The summed E-state index contributed by atoms with van der Waals surface area (Å²) in [5.74, 6) is -1.37. The fraction of sp³-hybridized carbons (Fsp3) is 0.310. The van der Waals surface area contributed by atoms with Crippen molar-refractivity contribution < 1.29 is 22.4 Å². The Morgan fingerprint density at radius 2 is 1.54 bits per heavy atom. The Morgan fingerprint density at radius 1 is 0.949 bits per heavy atom. The summed E-state index contributed by atoms with van der Waals surface area (Å²) < 4.78 is 42.2. The molecule has 0 aliphatic rings. The van der Waals surface area contributed by atoms with Crippen molar-refractivity contribution in [2.24, 2.45) is 0 Å². The average Bonchev–Trinajstić information content (AvgIpc) is 2.88. The number of hydrogen-bond acceptors (Lipinski definition) is 4. The van der Waals surface area contributed by atoms with Gasteiger partial charge in [0.25, 0.3) is 10.0 Å². The lowest BCUT2D eigenvalue weighted by atomic mass is 10.1. The molecule has 0 fully saturated rings. The first-order chi connectivity index (χ1) is 18.4. The minimum atomic E-state index is -4.19. The van der Waals surface area contributed by atoms with E-state index in [2.05, 4.69) is 5.32 Å². The number of halogens is 2. The Morgan fingerprint density at radius 3 is 2.08 bits per heavy atom. The molecule has 0 unspecified atom stereocenters.